The van der Waals surface area contributed by atoms with Crippen molar-refractivity contribution in [3.8, 4) is 0 Å². The largest absolute Gasteiger partial charge is 0.463 e. The summed E-state index contributed by atoms with van der Waals surface area (Å²) >= 11 is 0. The predicted octanol–water partition coefficient (Wildman–Crippen LogP) is 4.21. The summed E-state index contributed by atoms with van der Waals surface area (Å²) < 4.78 is 5.57. The molecule has 0 aliphatic heterocycles. The molecule has 19 heavy (non-hydrogen) atoms. The third kappa shape index (κ3) is 2.21. The van der Waals surface area contributed by atoms with Gasteiger partial charge in [0.15, 0.2) is 0 Å². The van der Waals surface area contributed by atoms with E-state index < -0.39 is 6.10 Å². The van der Waals surface area contributed by atoms with Gasteiger partial charge in [0.05, 0.1) is 0 Å². The summed E-state index contributed by atoms with van der Waals surface area (Å²) in [5.41, 5.74) is 7.10. The van der Waals surface area contributed by atoms with Crippen molar-refractivity contribution in [2.75, 3.05) is 0 Å². The van der Waals surface area contributed by atoms with Gasteiger partial charge in [-0.25, -0.2) is 0 Å². The second kappa shape index (κ2) is 4.86. The maximum absolute atomic E-state index is 10.6. The summed E-state index contributed by atoms with van der Waals surface area (Å²) in [6.07, 6.45) is -0.688. The number of aryl methyl sites for hydroxylation is 1. The highest BCUT2D eigenvalue weighted by Gasteiger charge is 2.22. The van der Waals surface area contributed by atoms with E-state index in [1.165, 1.54) is 16.7 Å². The number of aliphatic hydroxyl groups excluding tert-OH is 1. The summed E-state index contributed by atoms with van der Waals surface area (Å²) in [6, 6.07) is 3.74. The highest BCUT2D eigenvalue weighted by molar-refractivity contribution is 5.51. The number of rotatable bonds is 2. The molecule has 1 heterocycles. The van der Waals surface area contributed by atoms with Gasteiger partial charge in [-0.1, -0.05) is 0 Å². The smallest absolute Gasteiger partial charge is 0.137 e. The molecule has 0 spiro atoms. The monoisotopic (exact) mass is 258 g/mol. The minimum absolute atomic E-state index is 0.617. The Morgan fingerprint density at radius 2 is 1.26 bits per heavy atom. The van der Waals surface area contributed by atoms with Crippen molar-refractivity contribution in [1.82, 2.24) is 0 Å². The normalized spacial score (nSPS) is 12.8. The van der Waals surface area contributed by atoms with E-state index in [9.17, 15) is 5.11 Å². The first-order valence-electron chi connectivity index (χ1n) is 6.65. The minimum atomic E-state index is -0.688. The van der Waals surface area contributed by atoms with Gasteiger partial charge in [0, 0.05) is 0 Å². The molecule has 0 radical (unpaired) electrons. The fraction of sp³-hybridized carbons (Fsp3) is 0.412. The molecule has 2 aromatic rings. The maximum atomic E-state index is 10.6. The standard InChI is InChI=1S/C17H22O2/c1-9-7-8-15(19-9)17(18)16-13(5)11(3)10(2)12(4)14(16)6/h7-8,17-18H,1-6H3. The second-order valence-corrected chi connectivity index (χ2v) is 5.39. The molecule has 0 aliphatic rings. The van der Waals surface area contributed by atoms with Gasteiger partial charge >= 0.3 is 0 Å². The zero-order valence-corrected chi connectivity index (χ0v) is 12.6. The molecule has 102 valence electrons. The first-order valence-corrected chi connectivity index (χ1v) is 6.65. The Morgan fingerprint density at radius 1 is 0.789 bits per heavy atom. The van der Waals surface area contributed by atoms with Crippen LogP contribution in [0.15, 0.2) is 16.5 Å². The van der Waals surface area contributed by atoms with E-state index in [-0.39, 0.29) is 0 Å². The summed E-state index contributed by atoms with van der Waals surface area (Å²) in [6.45, 7) is 12.4. The summed E-state index contributed by atoms with van der Waals surface area (Å²) in [4.78, 5) is 0. The van der Waals surface area contributed by atoms with Crippen molar-refractivity contribution < 1.29 is 9.52 Å². The number of hydrogen-bond donors (Lipinski definition) is 1. The molecule has 0 aliphatic carbocycles. The van der Waals surface area contributed by atoms with Gasteiger partial charge in [0.2, 0.25) is 0 Å². The van der Waals surface area contributed by atoms with Gasteiger partial charge in [-0.15, -0.1) is 0 Å². The SMILES string of the molecule is Cc1ccc(C(O)c2c(C)c(C)c(C)c(C)c2C)o1. The number of aliphatic hydroxyl groups is 1. The Bertz CT molecular complexity index is 591. The van der Waals surface area contributed by atoms with Crippen LogP contribution in [0.3, 0.4) is 0 Å². The van der Waals surface area contributed by atoms with Crippen molar-refractivity contribution >= 4 is 0 Å². The molecule has 2 heteroatoms. The molecule has 1 aromatic heterocycles. The quantitative estimate of drug-likeness (QED) is 0.875. The van der Waals surface area contributed by atoms with Crippen molar-refractivity contribution in [1.29, 1.82) is 0 Å². The molecule has 1 aromatic carbocycles. The number of hydrogen-bond acceptors (Lipinski definition) is 2. The lowest BCUT2D eigenvalue weighted by Gasteiger charge is -2.21. The predicted molar refractivity (Wildman–Crippen MR) is 77.6 cm³/mol. The van der Waals surface area contributed by atoms with Crippen molar-refractivity contribution in [3.05, 3.63) is 57.0 Å². The van der Waals surface area contributed by atoms with E-state index in [2.05, 4.69) is 34.6 Å². The molecule has 1 atom stereocenters. The topological polar surface area (TPSA) is 33.4 Å². The summed E-state index contributed by atoms with van der Waals surface area (Å²) in [5.74, 6) is 1.44. The van der Waals surface area contributed by atoms with Gasteiger partial charge in [-0.2, -0.15) is 0 Å². The van der Waals surface area contributed by atoms with Gasteiger partial charge in [-0.05, 0) is 87.1 Å². The lowest BCUT2D eigenvalue weighted by atomic mass is 9.86. The Balaban J connectivity index is 2.63. The van der Waals surface area contributed by atoms with Crippen LogP contribution < -0.4 is 0 Å². The van der Waals surface area contributed by atoms with Crippen LogP contribution in [-0.4, -0.2) is 5.11 Å². The third-order valence-corrected chi connectivity index (χ3v) is 4.36. The Kier molecular flexibility index (Phi) is 3.55. The molecule has 1 N–H and O–H groups in total. The first-order chi connectivity index (χ1) is 8.84. The Labute approximate surface area is 115 Å². The van der Waals surface area contributed by atoms with Crippen molar-refractivity contribution in [3.63, 3.8) is 0 Å². The zero-order chi connectivity index (χ0) is 14.3. The fourth-order valence-corrected chi connectivity index (χ4v) is 2.68. The molecule has 0 saturated carbocycles. The van der Waals surface area contributed by atoms with Gasteiger partial charge in [0.25, 0.3) is 0 Å². The average molecular weight is 258 g/mol. The van der Waals surface area contributed by atoms with E-state index >= 15 is 0 Å². The lowest BCUT2D eigenvalue weighted by molar-refractivity contribution is 0.186. The molecule has 0 saturated heterocycles. The average Bonchev–Trinajstić information content (AvgIpc) is 2.81. The lowest BCUT2D eigenvalue weighted by Crippen LogP contribution is -2.08. The van der Waals surface area contributed by atoms with Gasteiger partial charge in [-0.3, -0.25) is 0 Å². The van der Waals surface area contributed by atoms with E-state index in [0.717, 1.165) is 22.5 Å². The highest BCUT2D eigenvalue weighted by Crippen LogP contribution is 2.34. The number of furan rings is 1. The van der Waals surface area contributed by atoms with Crippen LogP contribution >= 0.6 is 0 Å². The van der Waals surface area contributed by atoms with Crippen LogP contribution in [0.5, 0.6) is 0 Å². The van der Waals surface area contributed by atoms with Crippen LogP contribution in [0.2, 0.25) is 0 Å². The minimum Gasteiger partial charge on any atom is -0.463 e. The molecular weight excluding hydrogens is 236 g/mol. The van der Waals surface area contributed by atoms with E-state index in [0.29, 0.717) is 5.76 Å². The van der Waals surface area contributed by atoms with Crippen molar-refractivity contribution in [2.45, 2.75) is 47.6 Å². The fourth-order valence-electron chi connectivity index (χ4n) is 2.68. The van der Waals surface area contributed by atoms with E-state index in [1.807, 2.05) is 19.1 Å². The van der Waals surface area contributed by atoms with Crippen LogP contribution in [0.4, 0.5) is 0 Å². The zero-order valence-electron chi connectivity index (χ0n) is 12.6. The van der Waals surface area contributed by atoms with Crippen LogP contribution in [-0.2, 0) is 0 Å². The van der Waals surface area contributed by atoms with Crippen LogP contribution in [0.1, 0.15) is 51.0 Å². The molecule has 0 bridgehead atoms. The molecule has 1 unspecified atom stereocenters. The second-order valence-electron chi connectivity index (χ2n) is 5.39. The molecule has 0 fully saturated rings. The summed E-state index contributed by atoms with van der Waals surface area (Å²) in [7, 11) is 0. The molecule has 2 rings (SSSR count). The van der Waals surface area contributed by atoms with Gasteiger partial charge in [0.1, 0.15) is 17.6 Å². The van der Waals surface area contributed by atoms with E-state index in [4.69, 9.17) is 4.42 Å². The molecular formula is C17H22O2. The third-order valence-electron chi connectivity index (χ3n) is 4.36. The summed E-state index contributed by atoms with van der Waals surface area (Å²) in [5, 5.41) is 10.6. The highest BCUT2D eigenvalue weighted by atomic mass is 16.4. The Hall–Kier alpha value is -1.54. The first kappa shape index (κ1) is 13.9. The van der Waals surface area contributed by atoms with Gasteiger partial charge < -0.3 is 9.52 Å². The Morgan fingerprint density at radius 3 is 1.68 bits per heavy atom. The van der Waals surface area contributed by atoms with Crippen LogP contribution in [0.25, 0.3) is 0 Å². The van der Waals surface area contributed by atoms with Crippen molar-refractivity contribution in [2.24, 2.45) is 0 Å². The maximum Gasteiger partial charge on any atom is 0.137 e. The van der Waals surface area contributed by atoms with E-state index in [1.54, 1.807) is 0 Å². The van der Waals surface area contributed by atoms with Crippen LogP contribution in [0, 0.1) is 41.5 Å². The number of benzene rings is 1. The molecule has 0 amide bonds. The molecule has 2 nitrogen and oxygen atoms in total.